The number of carbonyl (C=O) groups is 2. The van der Waals surface area contributed by atoms with Crippen molar-refractivity contribution in [1.29, 1.82) is 0 Å². The number of anilines is 1. The van der Waals surface area contributed by atoms with Gasteiger partial charge in [0.25, 0.3) is 0 Å². The van der Waals surface area contributed by atoms with Crippen LogP contribution in [-0.2, 0) is 9.59 Å². The number of aromatic nitrogens is 1. The second-order valence-electron chi connectivity index (χ2n) is 11.6. The number of hydrogen-bond acceptors (Lipinski definition) is 8. The van der Waals surface area contributed by atoms with Crippen LogP contribution < -0.4 is 10.4 Å². The molecule has 2 aromatic carbocycles. The average molecular weight is 614 g/mol. The number of aliphatic hydroxyl groups excluding tert-OH is 2. The zero-order valence-electron chi connectivity index (χ0n) is 24.9. The Bertz CT molecular complexity index is 1630. The maximum atomic E-state index is 14.1. The molecule has 0 bridgehead atoms. The number of phenols is 1. The van der Waals surface area contributed by atoms with E-state index in [0.717, 1.165) is 22.5 Å². The third kappa shape index (κ3) is 6.62. The number of halogens is 1. The Hall–Kier alpha value is -4.16. The summed E-state index contributed by atoms with van der Waals surface area (Å²) in [5.74, 6) is -4.54. The van der Waals surface area contributed by atoms with Crippen molar-refractivity contribution in [3.8, 4) is 5.75 Å². The first-order valence-corrected chi connectivity index (χ1v) is 15.1. The minimum absolute atomic E-state index is 0.134. The van der Waals surface area contributed by atoms with Crippen molar-refractivity contribution >= 4 is 41.7 Å². The number of carbonyl (C=O) groups excluding carboxylic acids is 2. The van der Waals surface area contributed by atoms with Gasteiger partial charge in [0.15, 0.2) is 11.6 Å². The second kappa shape index (κ2) is 13.9. The molecule has 2 aliphatic rings. The van der Waals surface area contributed by atoms with E-state index in [1.54, 1.807) is 36.5 Å². The molecule has 9 nitrogen and oxygen atoms in total. The maximum Gasteiger partial charge on any atom is 0.488 e. The van der Waals surface area contributed by atoms with E-state index in [4.69, 9.17) is 0 Å². The number of nitrogens with zero attached hydrogens (tertiary/aromatic N) is 2. The molecule has 45 heavy (non-hydrogen) atoms. The molecule has 3 aromatic rings. The van der Waals surface area contributed by atoms with Gasteiger partial charge in [-0.15, -0.1) is 0 Å². The number of aromatic hydroxyl groups is 1. The summed E-state index contributed by atoms with van der Waals surface area (Å²) in [7, 11) is -1.78. The summed E-state index contributed by atoms with van der Waals surface area (Å²) in [6, 6.07) is 15.4. The molecule has 1 aliphatic heterocycles. The second-order valence-corrected chi connectivity index (χ2v) is 11.6. The van der Waals surface area contributed by atoms with Crippen molar-refractivity contribution in [3.05, 3.63) is 95.1 Å². The molecule has 234 valence electrons. The number of hydrogen-bond donors (Lipinski definition) is 5. The van der Waals surface area contributed by atoms with Gasteiger partial charge in [0, 0.05) is 12.1 Å². The van der Waals surface area contributed by atoms with Crippen LogP contribution in [0.2, 0.25) is 0 Å². The number of allylic oxidation sites excluding steroid dienone is 2. The zero-order chi connectivity index (χ0) is 32.2. The largest absolute Gasteiger partial charge is 0.505 e. The molecule has 0 unspecified atom stereocenters. The lowest BCUT2D eigenvalue weighted by Crippen LogP contribution is -2.39. The summed E-state index contributed by atoms with van der Waals surface area (Å²) in [6.07, 6.45) is 4.44. The Balaban J connectivity index is 1.45. The number of amides is 2. The Morgan fingerprint density at radius 1 is 1.11 bits per heavy atom. The van der Waals surface area contributed by atoms with Gasteiger partial charge in [-0.05, 0) is 90.3 Å². The first-order chi connectivity index (χ1) is 21.6. The third-order valence-corrected chi connectivity index (χ3v) is 8.71. The van der Waals surface area contributed by atoms with Crippen LogP contribution >= 0.6 is 0 Å². The Labute approximate surface area is 261 Å². The summed E-state index contributed by atoms with van der Waals surface area (Å²) >= 11 is 0. The lowest BCUT2D eigenvalue weighted by molar-refractivity contribution is -0.123. The normalized spacial score (nSPS) is 20.9. The average Bonchev–Trinajstić information content (AvgIpc) is 3.29. The number of pyridine rings is 1. The fraction of sp³-hybridized carbons (Fsp3) is 0.324. The van der Waals surface area contributed by atoms with Crippen LogP contribution in [0.15, 0.2) is 78.0 Å². The van der Waals surface area contributed by atoms with Crippen LogP contribution in [0.1, 0.15) is 50.3 Å². The van der Waals surface area contributed by atoms with Gasteiger partial charge in [-0.25, -0.2) is 4.39 Å². The molecule has 1 aromatic heterocycles. The van der Waals surface area contributed by atoms with E-state index in [9.17, 15) is 39.3 Å². The summed E-state index contributed by atoms with van der Waals surface area (Å²) < 4.78 is 14.1. The van der Waals surface area contributed by atoms with Crippen LogP contribution in [0.5, 0.6) is 5.75 Å². The van der Waals surface area contributed by atoms with E-state index in [1.165, 1.54) is 30.3 Å². The van der Waals surface area contributed by atoms with E-state index < -0.39 is 61.0 Å². The zero-order valence-corrected chi connectivity index (χ0v) is 24.9. The number of aliphatic hydroxyl groups is 2. The predicted molar refractivity (Wildman–Crippen MR) is 168 cm³/mol. The molecule has 5 N–H and O–H groups in total. The van der Waals surface area contributed by atoms with Crippen molar-refractivity contribution in [1.82, 2.24) is 4.98 Å². The molecular formula is C34H36BFN2O7. The quantitative estimate of drug-likeness (QED) is 0.126. The third-order valence-electron chi connectivity index (χ3n) is 8.71. The molecule has 0 radical (unpaired) electrons. The molecule has 4 atom stereocenters. The standard InChI is InChI=1S/C34H36BFN2O7/c1-2-6-22-17-25-32(34(43)38(33(25)42)24-8-5-7-23(18-24)35(44)45)26(19-39)31(22)30(41)13-11-21(28-9-3-4-14-37-28)15-20-10-12-29(40)27(36)16-20/h3-5,7-10,12,14-16,18,25-26,30,32,39-41,44-45H,2,6,11,13,17,19H2,1H3/b21-15-/t25-,26+,30-,32-/m1/s1. The van der Waals surface area contributed by atoms with Crippen molar-refractivity contribution in [2.75, 3.05) is 11.5 Å². The van der Waals surface area contributed by atoms with Gasteiger partial charge >= 0.3 is 7.12 Å². The molecule has 1 saturated heterocycles. The summed E-state index contributed by atoms with van der Waals surface area (Å²) in [4.78, 5) is 33.0. The topological polar surface area (TPSA) is 151 Å². The highest BCUT2D eigenvalue weighted by Crippen LogP contribution is 2.48. The lowest BCUT2D eigenvalue weighted by Gasteiger charge is -2.36. The maximum absolute atomic E-state index is 14.1. The molecule has 1 fully saturated rings. The number of benzene rings is 2. The van der Waals surface area contributed by atoms with E-state index in [2.05, 4.69) is 4.98 Å². The smallest absolute Gasteiger partial charge is 0.488 e. The van der Waals surface area contributed by atoms with Crippen molar-refractivity contribution in [3.63, 3.8) is 0 Å². The first-order valence-electron chi connectivity index (χ1n) is 15.1. The van der Waals surface area contributed by atoms with Crippen LogP contribution in [-0.4, -0.2) is 62.0 Å². The Kier molecular flexibility index (Phi) is 9.94. The van der Waals surface area contributed by atoms with E-state index >= 15 is 0 Å². The minimum Gasteiger partial charge on any atom is -0.505 e. The van der Waals surface area contributed by atoms with Crippen molar-refractivity contribution < 1.29 is 39.3 Å². The van der Waals surface area contributed by atoms with Crippen LogP contribution in [0.4, 0.5) is 10.1 Å². The van der Waals surface area contributed by atoms with Crippen LogP contribution in [0.3, 0.4) is 0 Å². The van der Waals surface area contributed by atoms with Gasteiger partial charge in [0.2, 0.25) is 11.8 Å². The number of rotatable bonds is 11. The molecule has 0 saturated carbocycles. The van der Waals surface area contributed by atoms with Gasteiger partial charge in [-0.3, -0.25) is 19.5 Å². The van der Waals surface area contributed by atoms with Crippen LogP contribution in [0, 0.1) is 23.6 Å². The Morgan fingerprint density at radius 2 is 1.91 bits per heavy atom. The van der Waals surface area contributed by atoms with E-state index in [0.29, 0.717) is 29.7 Å². The van der Waals surface area contributed by atoms with Gasteiger partial charge in [-0.2, -0.15) is 0 Å². The van der Waals surface area contributed by atoms with E-state index in [1.807, 2.05) is 13.0 Å². The number of phenolic OH excluding ortho intramolecular Hbond substituents is 1. The Morgan fingerprint density at radius 3 is 2.58 bits per heavy atom. The van der Waals surface area contributed by atoms with Crippen molar-refractivity contribution in [2.45, 2.75) is 45.1 Å². The fourth-order valence-corrected chi connectivity index (χ4v) is 6.67. The summed E-state index contributed by atoms with van der Waals surface area (Å²) in [5.41, 5.74) is 3.62. The SMILES string of the molecule is CCCC1=C([C@H](O)CC/C(=C/c2ccc(O)c(F)c2)c2ccccn2)[C@H](CO)[C@@H]2C(=O)N(c3cccc(B(O)O)c3)C(=O)[C@@H]2C1. The van der Waals surface area contributed by atoms with Gasteiger partial charge in [0.1, 0.15) is 0 Å². The number of imide groups is 1. The molecule has 2 amide bonds. The molecule has 5 rings (SSSR count). The lowest BCUT2D eigenvalue weighted by atomic mass is 9.67. The van der Waals surface area contributed by atoms with Gasteiger partial charge in [0.05, 0.1) is 35.9 Å². The van der Waals surface area contributed by atoms with E-state index in [-0.39, 0.29) is 24.0 Å². The molecule has 2 heterocycles. The molecular weight excluding hydrogens is 578 g/mol. The highest BCUT2D eigenvalue weighted by atomic mass is 19.1. The highest BCUT2D eigenvalue weighted by Gasteiger charge is 2.55. The van der Waals surface area contributed by atoms with Gasteiger partial charge in [-0.1, -0.05) is 43.2 Å². The monoisotopic (exact) mass is 614 g/mol. The molecule has 1 aliphatic carbocycles. The molecule has 11 heteroatoms. The minimum atomic E-state index is -1.78. The highest BCUT2D eigenvalue weighted by molar-refractivity contribution is 6.58. The summed E-state index contributed by atoms with van der Waals surface area (Å²) in [6.45, 7) is 1.54. The molecule has 0 spiro atoms. The predicted octanol–water partition coefficient (Wildman–Crippen LogP) is 3.20. The van der Waals surface area contributed by atoms with Gasteiger partial charge < -0.3 is 25.4 Å². The van der Waals surface area contributed by atoms with Crippen LogP contribution in [0.25, 0.3) is 11.6 Å². The number of fused-ring (bicyclic) bond motifs is 1. The van der Waals surface area contributed by atoms with Crippen molar-refractivity contribution in [2.24, 2.45) is 17.8 Å². The fourth-order valence-electron chi connectivity index (χ4n) is 6.67. The first kappa shape index (κ1) is 32.2. The summed E-state index contributed by atoms with van der Waals surface area (Å²) in [5, 5.41) is 51.2.